The molecule has 3 rings (SSSR count). The third-order valence-corrected chi connectivity index (χ3v) is 4.14. The van der Waals surface area contributed by atoms with Gasteiger partial charge in [-0.3, -0.25) is 0 Å². The Morgan fingerprint density at radius 2 is 2.14 bits per heavy atom. The number of benzene rings is 1. The highest BCUT2D eigenvalue weighted by atomic mass is 16.6. The standard InChI is InChI=1S/C16H23NO4/c1-3-19-13-6-5-11-12(18)9-16(7-8-17-10-16)21-14(11)15(13)20-4-2/h5-6,12,17-18H,3-4,7-10H2,1-2H3. The van der Waals surface area contributed by atoms with Crippen LogP contribution in [-0.2, 0) is 0 Å². The number of ether oxygens (including phenoxy) is 3. The predicted molar refractivity (Wildman–Crippen MR) is 79.2 cm³/mol. The van der Waals surface area contributed by atoms with Gasteiger partial charge in [0.2, 0.25) is 5.75 Å². The summed E-state index contributed by atoms with van der Waals surface area (Å²) >= 11 is 0. The summed E-state index contributed by atoms with van der Waals surface area (Å²) in [5, 5.41) is 13.8. The van der Waals surface area contributed by atoms with Crippen molar-refractivity contribution in [2.24, 2.45) is 0 Å². The third kappa shape index (κ3) is 2.56. The molecule has 0 amide bonds. The van der Waals surface area contributed by atoms with Crippen LogP contribution in [0.25, 0.3) is 0 Å². The van der Waals surface area contributed by atoms with E-state index in [4.69, 9.17) is 14.2 Å². The molecule has 1 spiro atoms. The van der Waals surface area contributed by atoms with Crippen LogP contribution in [0, 0.1) is 0 Å². The van der Waals surface area contributed by atoms with Crippen LogP contribution in [0.3, 0.4) is 0 Å². The van der Waals surface area contributed by atoms with E-state index in [0.717, 1.165) is 25.1 Å². The fourth-order valence-corrected chi connectivity index (χ4v) is 3.18. The molecule has 0 saturated carbocycles. The molecule has 0 aliphatic carbocycles. The highest BCUT2D eigenvalue weighted by Gasteiger charge is 2.44. The van der Waals surface area contributed by atoms with Crippen LogP contribution < -0.4 is 19.5 Å². The molecular formula is C16H23NO4. The van der Waals surface area contributed by atoms with Gasteiger partial charge in [0.25, 0.3) is 0 Å². The number of hydrogen-bond acceptors (Lipinski definition) is 5. The van der Waals surface area contributed by atoms with Crippen molar-refractivity contribution in [3.63, 3.8) is 0 Å². The summed E-state index contributed by atoms with van der Waals surface area (Å²) < 4.78 is 17.7. The molecule has 1 fully saturated rings. The van der Waals surface area contributed by atoms with Gasteiger partial charge in [-0.1, -0.05) is 0 Å². The fourth-order valence-electron chi connectivity index (χ4n) is 3.18. The van der Waals surface area contributed by atoms with Gasteiger partial charge < -0.3 is 24.6 Å². The number of nitrogens with one attached hydrogen (secondary N) is 1. The van der Waals surface area contributed by atoms with Crippen LogP contribution in [0.5, 0.6) is 17.2 Å². The zero-order chi connectivity index (χ0) is 14.9. The summed E-state index contributed by atoms with van der Waals surface area (Å²) in [5.41, 5.74) is 0.461. The summed E-state index contributed by atoms with van der Waals surface area (Å²) in [7, 11) is 0. The number of aliphatic hydroxyl groups is 1. The summed E-state index contributed by atoms with van der Waals surface area (Å²) in [5.74, 6) is 1.93. The monoisotopic (exact) mass is 293 g/mol. The Balaban J connectivity index is 2.04. The molecule has 2 N–H and O–H groups in total. The van der Waals surface area contributed by atoms with Gasteiger partial charge in [0.15, 0.2) is 11.5 Å². The van der Waals surface area contributed by atoms with Crippen LogP contribution >= 0.6 is 0 Å². The lowest BCUT2D eigenvalue weighted by Gasteiger charge is -2.38. The summed E-state index contributed by atoms with van der Waals surface area (Å²) in [6.45, 7) is 6.63. The topological polar surface area (TPSA) is 60.0 Å². The zero-order valence-electron chi connectivity index (χ0n) is 12.6. The smallest absolute Gasteiger partial charge is 0.203 e. The van der Waals surface area contributed by atoms with E-state index >= 15 is 0 Å². The lowest BCUT2D eigenvalue weighted by atomic mass is 9.88. The second kappa shape index (κ2) is 5.73. The Morgan fingerprint density at radius 3 is 2.81 bits per heavy atom. The van der Waals surface area contributed by atoms with Crippen molar-refractivity contribution in [2.45, 2.75) is 38.4 Å². The molecule has 2 heterocycles. The minimum atomic E-state index is -0.525. The molecule has 2 atom stereocenters. The highest BCUT2D eigenvalue weighted by molar-refractivity contribution is 5.57. The number of fused-ring (bicyclic) bond motifs is 1. The van der Waals surface area contributed by atoms with Gasteiger partial charge in [-0.2, -0.15) is 0 Å². The SMILES string of the molecule is CCOc1ccc2c(c1OCC)OC1(CCNC1)CC2O. The average Bonchev–Trinajstić information content (AvgIpc) is 2.90. The number of aliphatic hydroxyl groups excluding tert-OH is 1. The number of rotatable bonds is 4. The van der Waals surface area contributed by atoms with E-state index in [2.05, 4.69) is 5.32 Å². The summed E-state index contributed by atoms with van der Waals surface area (Å²) in [6, 6.07) is 3.73. The van der Waals surface area contributed by atoms with Gasteiger partial charge in [-0.15, -0.1) is 0 Å². The van der Waals surface area contributed by atoms with E-state index in [9.17, 15) is 5.11 Å². The Morgan fingerprint density at radius 1 is 1.33 bits per heavy atom. The van der Waals surface area contributed by atoms with Gasteiger partial charge >= 0.3 is 0 Å². The van der Waals surface area contributed by atoms with E-state index in [0.29, 0.717) is 36.9 Å². The van der Waals surface area contributed by atoms with Crippen molar-refractivity contribution in [1.29, 1.82) is 0 Å². The Bertz CT molecular complexity index is 511. The molecular weight excluding hydrogens is 270 g/mol. The molecule has 1 aromatic carbocycles. The average molecular weight is 293 g/mol. The lowest BCUT2D eigenvalue weighted by molar-refractivity contribution is -0.00321. The normalized spacial score (nSPS) is 27.3. The van der Waals surface area contributed by atoms with Crippen molar-refractivity contribution >= 4 is 0 Å². The van der Waals surface area contributed by atoms with Gasteiger partial charge in [-0.05, 0) is 32.5 Å². The van der Waals surface area contributed by atoms with Gasteiger partial charge in [0.05, 0.1) is 19.3 Å². The van der Waals surface area contributed by atoms with Crippen molar-refractivity contribution < 1.29 is 19.3 Å². The van der Waals surface area contributed by atoms with Gasteiger partial charge in [-0.25, -0.2) is 0 Å². The quantitative estimate of drug-likeness (QED) is 0.889. The molecule has 5 nitrogen and oxygen atoms in total. The number of hydrogen-bond donors (Lipinski definition) is 2. The van der Waals surface area contributed by atoms with Crippen molar-refractivity contribution in [3.05, 3.63) is 17.7 Å². The largest absolute Gasteiger partial charge is 0.490 e. The van der Waals surface area contributed by atoms with Crippen LogP contribution in [0.15, 0.2) is 12.1 Å². The first-order chi connectivity index (χ1) is 10.2. The van der Waals surface area contributed by atoms with Crippen molar-refractivity contribution in [2.75, 3.05) is 26.3 Å². The first-order valence-electron chi connectivity index (χ1n) is 7.69. The molecule has 2 aliphatic heterocycles. The molecule has 21 heavy (non-hydrogen) atoms. The molecule has 1 saturated heterocycles. The zero-order valence-corrected chi connectivity index (χ0v) is 12.6. The second-order valence-electron chi connectivity index (χ2n) is 5.61. The maximum absolute atomic E-state index is 10.5. The van der Waals surface area contributed by atoms with E-state index in [-0.39, 0.29) is 5.60 Å². The summed E-state index contributed by atoms with van der Waals surface area (Å²) in [4.78, 5) is 0. The van der Waals surface area contributed by atoms with E-state index < -0.39 is 6.10 Å². The lowest BCUT2D eigenvalue weighted by Crippen LogP contribution is -2.43. The molecule has 0 bridgehead atoms. The maximum Gasteiger partial charge on any atom is 0.203 e. The predicted octanol–water partition coefficient (Wildman–Crippen LogP) is 2.03. The molecule has 5 heteroatoms. The van der Waals surface area contributed by atoms with Crippen LogP contribution in [0.4, 0.5) is 0 Å². The van der Waals surface area contributed by atoms with Crippen LogP contribution in [0.2, 0.25) is 0 Å². The van der Waals surface area contributed by atoms with Crippen molar-refractivity contribution in [3.8, 4) is 17.2 Å². The first kappa shape index (κ1) is 14.5. The van der Waals surface area contributed by atoms with Crippen LogP contribution in [-0.4, -0.2) is 37.0 Å². The Labute approximate surface area is 125 Å². The molecule has 1 aromatic rings. The van der Waals surface area contributed by atoms with E-state index in [1.54, 1.807) is 0 Å². The van der Waals surface area contributed by atoms with E-state index in [1.165, 1.54) is 0 Å². The Hall–Kier alpha value is -1.46. The van der Waals surface area contributed by atoms with E-state index in [1.807, 2.05) is 26.0 Å². The second-order valence-corrected chi connectivity index (χ2v) is 5.61. The third-order valence-electron chi connectivity index (χ3n) is 4.14. The Kier molecular flexibility index (Phi) is 3.95. The maximum atomic E-state index is 10.5. The molecule has 116 valence electrons. The molecule has 0 aromatic heterocycles. The van der Waals surface area contributed by atoms with Crippen LogP contribution in [0.1, 0.15) is 38.4 Å². The van der Waals surface area contributed by atoms with Gasteiger partial charge in [0, 0.05) is 24.9 Å². The minimum Gasteiger partial charge on any atom is -0.490 e. The minimum absolute atomic E-state index is 0.330. The first-order valence-corrected chi connectivity index (χ1v) is 7.69. The molecule has 2 unspecified atom stereocenters. The summed E-state index contributed by atoms with van der Waals surface area (Å²) in [6.07, 6.45) is 0.990. The molecule has 0 radical (unpaired) electrons. The van der Waals surface area contributed by atoms with Crippen molar-refractivity contribution in [1.82, 2.24) is 5.32 Å². The fraction of sp³-hybridized carbons (Fsp3) is 0.625. The van der Waals surface area contributed by atoms with Gasteiger partial charge in [0.1, 0.15) is 5.60 Å². The highest BCUT2D eigenvalue weighted by Crippen LogP contribution is 2.50. The molecule has 2 aliphatic rings.